The Hall–Kier alpha value is -0.160. The highest BCUT2D eigenvalue weighted by atomic mass is 16.3. The second-order valence-corrected chi connectivity index (χ2v) is 6.19. The Bertz CT molecular complexity index is 244. The molecule has 0 aliphatic carbocycles. The average molecular weight is 271 g/mol. The van der Waals surface area contributed by atoms with Gasteiger partial charge < -0.3 is 15.7 Å². The molecule has 114 valence electrons. The summed E-state index contributed by atoms with van der Waals surface area (Å²) >= 11 is 0. The van der Waals surface area contributed by atoms with E-state index in [1.54, 1.807) is 0 Å². The van der Waals surface area contributed by atoms with Crippen LogP contribution in [0.5, 0.6) is 0 Å². The van der Waals surface area contributed by atoms with Gasteiger partial charge in [0.25, 0.3) is 0 Å². The third kappa shape index (κ3) is 5.38. The Morgan fingerprint density at radius 1 is 1.32 bits per heavy atom. The van der Waals surface area contributed by atoms with Gasteiger partial charge in [-0.3, -0.25) is 4.90 Å². The predicted octanol–water partition coefficient (Wildman–Crippen LogP) is 1.28. The first kappa shape index (κ1) is 16.9. The summed E-state index contributed by atoms with van der Waals surface area (Å²) in [6.07, 6.45) is 5.33. The molecule has 4 nitrogen and oxygen atoms in total. The van der Waals surface area contributed by atoms with Crippen molar-refractivity contribution in [2.24, 2.45) is 5.73 Å². The molecule has 2 atom stereocenters. The van der Waals surface area contributed by atoms with Gasteiger partial charge in [0.2, 0.25) is 0 Å². The van der Waals surface area contributed by atoms with Crippen molar-refractivity contribution < 1.29 is 5.11 Å². The second kappa shape index (κ2) is 8.20. The molecule has 0 amide bonds. The van der Waals surface area contributed by atoms with Gasteiger partial charge in [-0.05, 0) is 58.8 Å². The van der Waals surface area contributed by atoms with Crippen molar-refractivity contribution in [2.75, 3.05) is 39.8 Å². The van der Waals surface area contributed by atoms with E-state index in [0.29, 0.717) is 6.04 Å². The summed E-state index contributed by atoms with van der Waals surface area (Å²) in [6.45, 7) is 9.15. The van der Waals surface area contributed by atoms with Crippen LogP contribution in [-0.4, -0.2) is 66.3 Å². The fourth-order valence-corrected chi connectivity index (χ4v) is 2.98. The van der Waals surface area contributed by atoms with Crippen molar-refractivity contribution in [1.82, 2.24) is 9.80 Å². The Morgan fingerprint density at radius 3 is 2.63 bits per heavy atom. The summed E-state index contributed by atoms with van der Waals surface area (Å²) in [5.74, 6) is 0. The van der Waals surface area contributed by atoms with Crippen molar-refractivity contribution in [3.63, 3.8) is 0 Å². The normalized spacial score (nSPS) is 26.1. The largest absolute Gasteiger partial charge is 0.394 e. The van der Waals surface area contributed by atoms with Gasteiger partial charge in [0.15, 0.2) is 0 Å². The minimum absolute atomic E-state index is 0.101. The quantitative estimate of drug-likeness (QED) is 0.732. The van der Waals surface area contributed by atoms with Gasteiger partial charge in [0.05, 0.1) is 6.61 Å². The first-order valence-electron chi connectivity index (χ1n) is 7.87. The van der Waals surface area contributed by atoms with Crippen molar-refractivity contribution in [3.05, 3.63) is 0 Å². The van der Waals surface area contributed by atoms with E-state index in [9.17, 15) is 5.11 Å². The van der Waals surface area contributed by atoms with Crippen molar-refractivity contribution in [2.45, 2.75) is 57.5 Å². The van der Waals surface area contributed by atoms with Crippen molar-refractivity contribution in [1.29, 1.82) is 0 Å². The Labute approximate surface area is 118 Å². The summed E-state index contributed by atoms with van der Waals surface area (Å²) in [7, 11) is 2.22. The molecule has 4 heteroatoms. The van der Waals surface area contributed by atoms with E-state index in [4.69, 9.17) is 5.73 Å². The van der Waals surface area contributed by atoms with E-state index in [0.717, 1.165) is 25.8 Å². The molecule has 2 unspecified atom stereocenters. The molecule has 3 N–H and O–H groups in total. The van der Waals surface area contributed by atoms with E-state index in [1.807, 2.05) is 0 Å². The van der Waals surface area contributed by atoms with Gasteiger partial charge in [-0.1, -0.05) is 13.8 Å². The summed E-state index contributed by atoms with van der Waals surface area (Å²) in [5.41, 5.74) is 5.78. The third-order valence-electron chi connectivity index (χ3n) is 4.63. The summed E-state index contributed by atoms with van der Waals surface area (Å²) in [5, 5.41) is 9.35. The Kier molecular flexibility index (Phi) is 7.29. The van der Waals surface area contributed by atoms with Gasteiger partial charge in [-0.2, -0.15) is 0 Å². The first-order valence-corrected chi connectivity index (χ1v) is 7.87. The average Bonchev–Trinajstić information content (AvgIpc) is 2.60. The monoisotopic (exact) mass is 271 g/mol. The van der Waals surface area contributed by atoms with Crippen LogP contribution in [-0.2, 0) is 0 Å². The highest BCUT2D eigenvalue weighted by molar-refractivity contribution is 4.83. The number of rotatable bonds is 7. The van der Waals surface area contributed by atoms with Crippen LogP contribution >= 0.6 is 0 Å². The molecule has 1 saturated heterocycles. The Morgan fingerprint density at radius 2 is 2.05 bits per heavy atom. The van der Waals surface area contributed by atoms with Crippen molar-refractivity contribution in [3.8, 4) is 0 Å². The van der Waals surface area contributed by atoms with Gasteiger partial charge in [0.1, 0.15) is 0 Å². The maximum absolute atomic E-state index is 9.35. The molecule has 0 aromatic carbocycles. The SMILES string of the molecule is CCC1CN(C)CCCN1CCCC(N)(CC)CO. The first-order chi connectivity index (χ1) is 9.04. The molecule has 19 heavy (non-hydrogen) atoms. The molecular formula is C15H33N3O. The molecule has 1 fully saturated rings. The van der Waals surface area contributed by atoms with Gasteiger partial charge in [0, 0.05) is 18.1 Å². The molecule has 1 aliphatic rings. The molecule has 1 rings (SSSR count). The fourth-order valence-electron chi connectivity index (χ4n) is 2.98. The zero-order valence-electron chi connectivity index (χ0n) is 13.1. The van der Waals surface area contributed by atoms with Crippen LogP contribution in [0.2, 0.25) is 0 Å². The molecule has 0 bridgehead atoms. The summed E-state index contributed by atoms with van der Waals surface area (Å²) < 4.78 is 0. The highest BCUT2D eigenvalue weighted by Gasteiger charge is 2.24. The van der Waals surface area contributed by atoms with Crippen LogP contribution in [0.3, 0.4) is 0 Å². The van der Waals surface area contributed by atoms with Gasteiger partial charge in [-0.15, -0.1) is 0 Å². The minimum Gasteiger partial charge on any atom is -0.394 e. The van der Waals surface area contributed by atoms with Crippen LogP contribution in [0.25, 0.3) is 0 Å². The highest BCUT2D eigenvalue weighted by Crippen LogP contribution is 2.17. The predicted molar refractivity (Wildman–Crippen MR) is 81.3 cm³/mol. The Balaban J connectivity index is 2.41. The molecular weight excluding hydrogens is 238 g/mol. The number of likely N-dealkylation sites (N-methyl/N-ethyl adjacent to an activating group) is 1. The van der Waals surface area contributed by atoms with Crippen LogP contribution in [0.4, 0.5) is 0 Å². The fraction of sp³-hybridized carbons (Fsp3) is 1.00. The second-order valence-electron chi connectivity index (χ2n) is 6.19. The molecule has 0 saturated carbocycles. The lowest BCUT2D eigenvalue weighted by Gasteiger charge is -2.32. The van der Waals surface area contributed by atoms with E-state index in [1.165, 1.54) is 32.5 Å². The lowest BCUT2D eigenvalue weighted by atomic mass is 9.92. The molecule has 0 aromatic heterocycles. The van der Waals surface area contributed by atoms with E-state index in [2.05, 4.69) is 30.7 Å². The standard InChI is InChI=1S/C15H33N3O/c1-4-14-12-17(3)9-7-11-18(14)10-6-8-15(16,5-2)13-19/h14,19H,4-13,16H2,1-3H3. The number of nitrogens with zero attached hydrogens (tertiary/aromatic N) is 2. The van der Waals surface area contributed by atoms with E-state index < -0.39 is 0 Å². The topological polar surface area (TPSA) is 52.7 Å². The van der Waals surface area contributed by atoms with E-state index >= 15 is 0 Å². The van der Waals surface area contributed by atoms with E-state index in [-0.39, 0.29) is 12.1 Å². The number of nitrogens with two attached hydrogens (primary N) is 1. The zero-order valence-corrected chi connectivity index (χ0v) is 13.1. The molecule has 1 heterocycles. The summed E-state index contributed by atoms with van der Waals surface area (Å²) in [6, 6.07) is 0.676. The molecule has 0 aromatic rings. The molecule has 0 spiro atoms. The number of aliphatic hydroxyl groups is 1. The zero-order chi connectivity index (χ0) is 14.3. The lowest BCUT2D eigenvalue weighted by molar-refractivity contribution is 0.153. The van der Waals surface area contributed by atoms with Crippen molar-refractivity contribution >= 4 is 0 Å². The molecule has 1 aliphatic heterocycles. The van der Waals surface area contributed by atoms with Gasteiger partial charge in [-0.25, -0.2) is 0 Å². The smallest absolute Gasteiger partial charge is 0.0611 e. The van der Waals surface area contributed by atoms with Crippen LogP contribution < -0.4 is 5.73 Å². The number of hydrogen-bond donors (Lipinski definition) is 2. The lowest BCUT2D eigenvalue weighted by Crippen LogP contribution is -2.45. The number of aliphatic hydroxyl groups excluding tert-OH is 1. The van der Waals surface area contributed by atoms with Crippen LogP contribution in [0.1, 0.15) is 46.0 Å². The molecule has 0 radical (unpaired) electrons. The van der Waals surface area contributed by atoms with Crippen LogP contribution in [0, 0.1) is 0 Å². The third-order valence-corrected chi connectivity index (χ3v) is 4.63. The summed E-state index contributed by atoms with van der Waals surface area (Å²) in [4.78, 5) is 5.07. The minimum atomic E-state index is -0.371. The maximum Gasteiger partial charge on any atom is 0.0611 e. The number of hydrogen-bond acceptors (Lipinski definition) is 4. The van der Waals surface area contributed by atoms with Crippen LogP contribution in [0.15, 0.2) is 0 Å². The van der Waals surface area contributed by atoms with Gasteiger partial charge >= 0.3 is 0 Å². The maximum atomic E-state index is 9.35.